The molecule has 0 aliphatic carbocycles. The van der Waals surface area contributed by atoms with Crippen LogP contribution >= 0.6 is 0 Å². The van der Waals surface area contributed by atoms with Gasteiger partial charge in [-0.05, 0) is 18.2 Å². The molecule has 19 heavy (non-hydrogen) atoms. The van der Waals surface area contributed by atoms with Gasteiger partial charge in [-0.2, -0.15) is 0 Å². The summed E-state index contributed by atoms with van der Waals surface area (Å²) in [6.45, 7) is 7.08. The van der Waals surface area contributed by atoms with E-state index >= 15 is 0 Å². The van der Waals surface area contributed by atoms with Crippen molar-refractivity contribution in [3.8, 4) is 5.75 Å². The molecule has 0 amide bonds. The maximum atomic E-state index is 11.2. The number of furan rings is 1. The third-order valence-electron chi connectivity index (χ3n) is 2.76. The van der Waals surface area contributed by atoms with Gasteiger partial charge in [-0.1, -0.05) is 13.8 Å². The lowest BCUT2D eigenvalue weighted by atomic mass is 10.2. The summed E-state index contributed by atoms with van der Waals surface area (Å²) in [6, 6.07) is 7.81. The molecule has 1 heterocycles. The van der Waals surface area contributed by atoms with Crippen LogP contribution in [0.1, 0.15) is 31.3 Å². The van der Waals surface area contributed by atoms with Crippen molar-refractivity contribution in [3.05, 3.63) is 30.0 Å². The van der Waals surface area contributed by atoms with Gasteiger partial charge in [0.2, 0.25) is 0 Å². The van der Waals surface area contributed by atoms with Crippen LogP contribution in [0.4, 0.5) is 0 Å². The lowest BCUT2D eigenvalue weighted by Crippen LogP contribution is -2.27. The Morgan fingerprint density at radius 1 is 1.37 bits per heavy atom. The van der Waals surface area contributed by atoms with Gasteiger partial charge in [-0.15, -0.1) is 0 Å². The largest absolute Gasteiger partial charge is 0.492 e. The highest BCUT2D eigenvalue weighted by Crippen LogP contribution is 2.24. The fraction of sp³-hybridized carbons (Fsp3) is 0.400. The number of ketones is 1. The first-order chi connectivity index (χ1) is 9.06. The van der Waals surface area contributed by atoms with E-state index in [0.29, 0.717) is 24.0 Å². The second-order valence-corrected chi connectivity index (χ2v) is 4.82. The van der Waals surface area contributed by atoms with Crippen LogP contribution in [0, 0.1) is 0 Å². The third-order valence-corrected chi connectivity index (χ3v) is 2.76. The van der Waals surface area contributed by atoms with Crippen LogP contribution < -0.4 is 10.1 Å². The van der Waals surface area contributed by atoms with Crippen molar-refractivity contribution in [2.24, 2.45) is 0 Å². The number of carbonyl (C=O) groups excluding carboxylic acids is 1. The Kier molecular flexibility index (Phi) is 4.22. The Labute approximate surface area is 112 Å². The Bertz CT molecular complexity index is 572. The molecule has 1 aromatic heterocycles. The minimum Gasteiger partial charge on any atom is -0.492 e. The molecule has 0 aliphatic rings. The number of hydrogen-bond acceptors (Lipinski definition) is 4. The molecule has 4 nitrogen and oxygen atoms in total. The number of ether oxygens (including phenoxy) is 1. The molecule has 0 aliphatic heterocycles. The zero-order chi connectivity index (χ0) is 13.8. The Hall–Kier alpha value is -1.81. The molecule has 0 atom stereocenters. The monoisotopic (exact) mass is 261 g/mol. The summed E-state index contributed by atoms with van der Waals surface area (Å²) in [5.41, 5.74) is 0.680. The predicted molar refractivity (Wildman–Crippen MR) is 74.9 cm³/mol. The number of Topliss-reactive ketones (excluding diaryl/α,β-unsaturated/α-hetero) is 1. The Morgan fingerprint density at radius 3 is 2.84 bits per heavy atom. The number of fused-ring (bicyclic) bond motifs is 1. The molecule has 0 saturated carbocycles. The summed E-state index contributed by atoms with van der Waals surface area (Å²) in [5, 5.41) is 4.19. The first kappa shape index (κ1) is 13.6. The first-order valence-corrected chi connectivity index (χ1v) is 6.47. The van der Waals surface area contributed by atoms with E-state index in [9.17, 15) is 4.79 Å². The van der Waals surface area contributed by atoms with Crippen molar-refractivity contribution in [2.75, 3.05) is 13.2 Å². The van der Waals surface area contributed by atoms with Crippen LogP contribution in [-0.4, -0.2) is 25.0 Å². The van der Waals surface area contributed by atoms with E-state index in [1.165, 1.54) is 6.92 Å². The molecule has 0 spiro atoms. The number of benzene rings is 1. The average Bonchev–Trinajstić information content (AvgIpc) is 2.77. The highest BCUT2D eigenvalue weighted by molar-refractivity contribution is 5.96. The van der Waals surface area contributed by atoms with E-state index in [-0.39, 0.29) is 5.78 Å². The second-order valence-electron chi connectivity index (χ2n) is 4.82. The van der Waals surface area contributed by atoms with E-state index in [4.69, 9.17) is 9.15 Å². The molecule has 4 heteroatoms. The van der Waals surface area contributed by atoms with E-state index in [0.717, 1.165) is 17.7 Å². The first-order valence-electron chi connectivity index (χ1n) is 6.47. The molecule has 0 bridgehead atoms. The van der Waals surface area contributed by atoms with Gasteiger partial charge in [-0.25, -0.2) is 0 Å². The zero-order valence-corrected chi connectivity index (χ0v) is 11.5. The third kappa shape index (κ3) is 3.58. The summed E-state index contributed by atoms with van der Waals surface area (Å²) in [6.07, 6.45) is 0. The van der Waals surface area contributed by atoms with E-state index in [2.05, 4.69) is 19.2 Å². The minimum absolute atomic E-state index is 0.0696. The quantitative estimate of drug-likeness (QED) is 0.641. The normalized spacial score (nSPS) is 11.2. The molecule has 102 valence electrons. The zero-order valence-electron chi connectivity index (χ0n) is 11.5. The Balaban J connectivity index is 2.02. The molecular weight excluding hydrogens is 242 g/mol. The molecule has 1 aromatic carbocycles. The fourth-order valence-corrected chi connectivity index (χ4v) is 1.79. The van der Waals surface area contributed by atoms with Gasteiger partial charge in [-0.3, -0.25) is 4.79 Å². The highest BCUT2D eigenvalue weighted by atomic mass is 16.5. The maximum Gasteiger partial charge on any atom is 0.194 e. The standard InChI is InChI=1S/C15H19NO3/c1-10(2)16-6-7-18-13-5-4-12-8-14(11(3)17)19-15(12)9-13/h4-5,8-10,16H,6-7H2,1-3H3. The van der Waals surface area contributed by atoms with Crippen LogP contribution in [0.15, 0.2) is 28.7 Å². The topological polar surface area (TPSA) is 51.5 Å². The highest BCUT2D eigenvalue weighted by Gasteiger charge is 2.08. The molecule has 0 saturated heterocycles. The molecular formula is C15H19NO3. The van der Waals surface area contributed by atoms with Crippen LogP contribution in [0.3, 0.4) is 0 Å². The number of nitrogens with one attached hydrogen (secondary N) is 1. The Morgan fingerprint density at radius 2 is 2.16 bits per heavy atom. The number of carbonyl (C=O) groups is 1. The lowest BCUT2D eigenvalue weighted by molar-refractivity contribution is 0.0989. The van der Waals surface area contributed by atoms with Gasteiger partial charge in [0.25, 0.3) is 0 Å². The van der Waals surface area contributed by atoms with Crippen LogP contribution in [0.2, 0.25) is 0 Å². The van der Waals surface area contributed by atoms with Gasteiger partial charge < -0.3 is 14.5 Å². The lowest BCUT2D eigenvalue weighted by Gasteiger charge is -2.09. The van der Waals surface area contributed by atoms with Crippen molar-refractivity contribution >= 4 is 16.8 Å². The van der Waals surface area contributed by atoms with Gasteiger partial charge in [0, 0.05) is 31.0 Å². The van der Waals surface area contributed by atoms with Crippen LogP contribution in [0.25, 0.3) is 11.0 Å². The smallest absolute Gasteiger partial charge is 0.194 e. The summed E-state index contributed by atoms with van der Waals surface area (Å²) < 4.78 is 11.1. The van der Waals surface area contributed by atoms with E-state index < -0.39 is 0 Å². The summed E-state index contributed by atoms with van der Waals surface area (Å²) in [5.74, 6) is 1.07. The predicted octanol–water partition coefficient (Wildman–Crippen LogP) is 3.01. The summed E-state index contributed by atoms with van der Waals surface area (Å²) >= 11 is 0. The maximum absolute atomic E-state index is 11.2. The summed E-state index contributed by atoms with van der Waals surface area (Å²) in [4.78, 5) is 11.2. The molecule has 1 N–H and O–H groups in total. The van der Waals surface area contributed by atoms with Gasteiger partial charge >= 0.3 is 0 Å². The SMILES string of the molecule is CC(=O)c1cc2ccc(OCCNC(C)C)cc2o1. The fourth-order valence-electron chi connectivity index (χ4n) is 1.79. The number of hydrogen-bond donors (Lipinski definition) is 1. The van der Waals surface area contributed by atoms with Gasteiger partial charge in [0.1, 0.15) is 17.9 Å². The average molecular weight is 261 g/mol. The number of rotatable bonds is 6. The minimum atomic E-state index is -0.0696. The molecule has 0 fully saturated rings. The van der Waals surface area contributed by atoms with Crippen molar-refractivity contribution in [2.45, 2.75) is 26.8 Å². The van der Waals surface area contributed by atoms with Crippen molar-refractivity contribution in [1.29, 1.82) is 0 Å². The molecule has 0 radical (unpaired) electrons. The van der Waals surface area contributed by atoms with Gasteiger partial charge in [0.15, 0.2) is 11.5 Å². The van der Waals surface area contributed by atoms with Crippen LogP contribution in [0.5, 0.6) is 5.75 Å². The van der Waals surface area contributed by atoms with Crippen molar-refractivity contribution in [3.63, 3.8) is 0 Å². The summed E-state index contributed by atoms with van der Waals surface area (Å²) in [7, 11) is 0. The van der Waals surface area contributed by atoms with E-state index in [1.807, 2.05) is 18.2 Å². The second kappa shape index (κ2) is 5.89. The van der Waals surface area contributed by atoms with E-state index in [1.54, 1.807) is 6.07 Å². The molecule has 0 unspecified atom stereocenters. The van der Waals surface area contributed by atoms with Gasteiger partial charge in [0.05, 0.1) is 0 Å². The van der Waals surface area contributed by atoms with Crippen molar-refractivity contribution < 1.29 is 13.9 Å². The van der Waals surface area contributed by atoms with Crippen molar-refractivity contribution in [1.82, 2.24) is 5.32 Å². The molecule has 2 rings (SSSR count). The molecule has 2 aromatic rings. The van der Waals surface area contributed by atoms with Crippen LogP contribution in [-0.2, 0) is 0 Å².